The Labute approximate surface area is 190 Å². The van der Waals surface area contributed by atoms with E-state index in [1.807, 2.05) is 20.8 Å². The van der Waals surface area contributed by atoms with E-state index >= 15 is 0 Å². The predicted molar refractivity (Wildman–Crippen MR) is 125 cm³/mol. The van der Waals surface area contributed by atoms with Crippen molar-refractivity contribution in [2.75, 3.05) is 13.1 Å². The van der Waals surface area contributed by atoms with E-state index < -0.39 is 10.0 Å². The first kappa shape index (κ1) is 22.4. The van der Waals surface area contributed by atoms with Crippen molar-refractivity contribution in [2.24, 2.45) is 0 Å². The fourth-order valence-corrected chi connectivity index (χ4v) is 7.07. The maximum atomic E-state index is 12.9. The van der Waals surface area contributed by atoms with Crippen LogP contribution in [0.1, 0.15) is 54.1 Å². The normalized spacial score (nSPS) is 17.0. The fourth-order valence-electron chi connectivity index (χ4n) is 3.72. The zero-order valence-corrected chi connectivity index (χ0v) is 20.3. The Morgan fingerprint density at radius 3 is 2.52 bits per heavy atom. The highest BCUT2D eigenvalue weighted by Gasteiger charge is 2.25. The summed E-state index contributed by atoms with van der Waals surface area (Å²) in [5.74, 6) is 0.590. The van der Waals surface area contributed by atoms with Gasteiger partial charge in [-0.15, -0.1) is 11.3 Å². The van der Waals surface area contributed by atoms with Gasteiger partial charge in [0, 0.05) is 24.2 Å². The van der Waals surface area contributed by atoms with Crippen LogP contribution in [0.5, 0.6) is 0 Å². The Hall–Kier alpha value is -1.75. The molecule has 31 heavy (non-hydrogen) atoms. The topological polar surface area (TPSA) is 96.0 Å². The molecule has 3 aromatic heterocycles. The van der Waals surface area contributed by atoms with Crippen molar-refractivity contribution in [2.45, 2.75) is 61.6 Å². The molecule has 0 amide bonds. The van der Waals surface area contributed by atoms with E-state index in [4.69, 9.17) is 0 Å². The Bertz CT molecular complexity index is 1240. The van der Waals surface area contributed by atoms with E-state index in [-0.39, 0.29) is 15.7 Å². The Kier molecular flexibility index (Phi) is 6.52. The number of aromatic nitrogens is 3. The summed E-state index contributed by atoms with van der Waals surface area (Å²) in [6.07, 6.45) is 5.38. The molecule has 0 bridgehead atoms. The number of fused-ring (bicyclic) bond motifs is 1. The summed E-state index contributed by atoms with van der Waals surface area (Å²) in [4.78, 5) is 26.5. The van der Waals surface area contributed by atoms with Crippen LogP contribution in [0, 0.1) is 13.8 Å². The lowest BCUT2D eigenvalue weighted by molar-refractivity contribution is 0.423. The molecule has 0 aliphatic carbocycles. The molecule has 1 aliphatic heterocycles. The number of aromatic amines is 1. The van der Waals surface area contributed by atoms with Crippen LogP contribution in [-0.2, 0) is 10.0 Å². The second kappa shape index (κ2) is 9.01. The number of nitrogens with zero attached hydrogens (tertiary/aromatic N) is 3. The van der Waals surface area contributed by atoms with Gasteiger partial charge in [-0.25, -0.2) is 18.4 Å². The monoisotopic (exact) mass is 478 g/mol. The number of thiophene rings is 1. The van der Waals surface area contributed by atoms with Crippen molar-refractivity contribution >= 4 is 43.3 Å². The van der Waals surface area contributed by atoms with E-state index in [2.05, 4.69) is 15.0 Å². The lowest BCUT2D eigenvalue weighted by Gasteiger charge is -2.19. The first-order chi connectivity index (χ1) is 14.8. The number of H-pyrrole nitrogens is 1. The van der Waals surface area contributed by atoms with Crippen LogP contribution in [0.3, 0.4) is 0 Å². The van der Waals surface area contributed by atoms with Gasteiger partial charge in [-0.2, -0.15) is 4.31 Å². The molecule has 0 aromatic carbocycles. The Balaban J connectivity index is 1.52. The number of rotatable bonds is 5. The quantitative estimate of drug-likeness (QED) is 0.546. The molecule has 7 nitrogen and oxygen atoms in total. The Morgan fingerprint density at radius 2 is 1.87 bits per heavy atom. The fraction of sp³-hybridized carbons (Fsp3) is 0.476. The number of sulfonamides is 1. The largest absolute Gasteiger partial charge is 0.309 e. The highest BCUT2D eigenvalue weighted by Crippen LogP contribution is 2.34. The smallest absolute Gasteiger partial charge is 0.259 e. The number of pyridine rings is 1. The Morgan fingerprint density at radius 1 is 1.16 bits per heavy atom. The average Bonchev–Trinajstić information content (AvgIpc) is 2.92. The summed E-state index contributed by atoms with van der Waals surface area (Å²) in [5, 5.41) is 1.20. The van der Waals surface area contributed by atoms with Gasteiger partial charge >= 0.3 is 0 Å². The van der Waals surface area contributed by atoms with Gasteiger partial charge < -0.3 is 4.98 Å². The van der Waals surface area contributed by atoms with Crippen LogP contribution in [0.4, 0.5) is 0 Å². The summed E-state index contributed by atoms with van der Waals surface area (Å²) in [6.45, 7) is 7.02. The van der Waals surface area contributed by atoms with Crippen molar-refractivity contribution in [1.82, 2.24) is 19.3 Å². The minimum absolute atomic E-state index is 0.124. The van der Waals surface area contributed by atoms with Crippen LogP contribution in [0.15, 0.2) is 33.0 Å². The molecule has 166 valence electrons. The molecule has 4 heterocycles. The van der Waals surface area contributed by atoms with Crippen molar-refractivity contribution in [1.29, 1.82) is 0 Å². The van der Waals surface area contributed by atoms with Crippen molar-refractivity contribution in [3.8, 4) is 0 Å². The molecule has 10 heteroatoms. The molecule has 1 fully saturated rings. The highest BCUT2D eigenvalue weighted by atomic mass is 32.2. The molecule has 0 spiro atoms. The summed E-state index contributed by atoms with van der Waals surface area (Å²) < 4.78 is 27.4. The molecule has 4 rings (SSSR count). The van der Waals surface area contributed by atoms with Crippen molar-refractivity contribution in [3.05, 3.63) is 44.9 Å². The van der Waals surface area contributed by atoms with E-state index in [9.17, 15) is 13.2 Å². The third-order valence-corrected chi connectivity index (χ3v) is 9.70. The summed E-state index contributed by atoms with van der Waals surface area (Å²) in [7, 11) is -3.51. The zero-order valence-electron chi connectivity index (χ0n) is 17.8. The van der Waals surface area contributed by atoms with Gasteiger partial charge in [-0.05, 0) is 51.3 Å². The third-order valence-electron chi connectivity index (χ3n) is 5.65. The minimum atomic E-state index is -3.51. The average molecular weight is 479 g/mol. The number of aryl methyl sites for hydroxylation is 2. The first-order valence-corrected chi connectivity index (χ1v) is 13.5. The molecular formula is C21H26N4O3S3. The van der Waals surface area contributed by atoms with Crippen LogP contribution >= 0.6 is 23.1 Å². The highest BCUT2D eigenvalue weighted by molar-refractivity contribution is 7.99. The molecule has 0 radical (unpaired) electrons. The van der Waals surface area contributed by atoms with Crippen molar-refractivity contribution in [3.63, 3.8) is 0 Å². The summed E-state index contributed by atoms with van der Waals surface area (Å²) in [6, 6.07) is 3.34. The summed E-state index contributed by atoms with van der Waals surface area (Å²) >= 11 is 2.96. The van der Waals surface area contributed by atoms with E-state index in [1.165, 1.54) is 29.3 Å². The van der Waals surface area contributed by atoms with Crippen molar-refractivity contribution < 1.29 is 8.42 Å². The van der Waals surface area contributed by atoms with Gasteiger partial charge in [0.25, 0.3) is 5.56 Å². The lowest BCUT2D eigenvalue weighted by atomic mass is 10.2. The second-order valence-electron chi connectivity index (χ2n) is 7.83. The minimum Gasteiger partial charge on any atom is -0.309 e. The number of hydrogen-bond donors (Lipinski definition) is 1. The maximum absolute atomic E-state index is 12.9. The SMILES string of the molecule is Cc1sc2nc(C(C)Sc3ccc(S(=O)(=O)N4CCCCCC4)cn3)[nH]c(=O)c2c1C. The predicted octanol–water partition coefficient (Wildman–Crippen LogP) is 4.41. The van der Waals surface area contributed by atoms with Gasteiger partial charge in [0.2, 0.25) is 10.0 Å². The zero-order chi connectivity index (χ0) is 22.2. The standard InChI is InChI=1S/C21H26N4O3S3/c1-13-14(2)30-21-18(13)20(26)23-19(24-21)15(3)29-17-9-8-16(12-22-17)31(27,28)25-10-6-4-5-7-11-25/h8-9,12,15H,4-7,10-11H2,1-3H3,(H,23,24,26). The van der Waals surface area contributed by atoms with E-state index in [1.54, 1.807) is 16.4 Å². The molecule has 1 atom stereocenters. The summed E-state index contributed by atoms with van der Waals surface area (Å²) in [5.41, 5.74) is 0.852. The van der Waals surface area contributed by atoms with Crippen LogP contribution in [-0.4, -0.2) is 40.8 Å². The van der Waals surface area contributed by atoms with Gasteiger partial charge in [-0.1, -0.05) is 24.6 Å². The molecular weight excluding hydrogens is 452 g/mol. The van der Waals surface area contributed by atoms with E-state index in [0.29, 0.717) is 29.3 Å². The molecule has 1 saturated heterocycles. The van der Waals surface area contributed by atoms with Crippen LogP contribution < -0.4 is 5.56 Å². The molecule has 1 N–H and O–H groups in total. The first-order valence-electron chi connectivity index (χ1n) is 10.4. The molecule has 1 aliphatic rings. The van der Waals surface area contributed by atoms with Gasteiger partial charge in [0.1, 0.15) is 15.6 Å². The van der Waals surface area contributed by atoms with E-state index in [0.717, 1.165) is 41.0 Å². The number of thioether (sulfide) groups is 1. The molecule has 1 unspecified atom stereocenters. The lowest BCUT2D eigenvalue weighted by Crippen LogP contribution is -2.32. The van der Waals surface area contributed by atoms with Gasteiger partial charge in [0.05, 0.1) is 15.7 Å². The number of hydrogen-bond acceptors (Lipinski definition) is 7. The number of nitrogens with one attached hydrogen (secondary N) is 1. The second-order valence-corrected chi connectivity index (χ2v) is 12.3. The molecule has 3 aromatic rings. The van der Waals surface area contributed by atoms with Crippen LogP contribution in [0.25, 0.3) is 10.2 Å². The van der Waals surface area contributed by atoms with Gasteiger partial charge in [-0.3, -0.25) is 4.79 Å². The van der Waals surface area contributed by atoms with Gasteiger partial charge in [0.15, 0.2) is 0 Å². The molecule has 0 saturated carbocycles. The van der Waals surface area contributed by atoms with Crippen LogP contribution in [0.2, 0.25) is 0 Å². The maximum Gasteiger partial charge on any atom is 0.259 e. The third kappa shape index (κ3) is 4.57.